The Morgan fingerprint density at radius 2 is 2.50 bits per heavy atom. The van der Waals surface area contributed by atoms with E-state index in [0.29, 0.717) is 5.57 Å². The third-order valence-electron chi connectivity index (χ3n) is 1.21. The van der Waals surface area contributed by atoms with Crippen molar-refractivity contribution in [3.8, 4) is 6.07 Å². The topological polar surface area (TPSA) is 40.9 Å². The summed E-state index contributed by atoms with van der Waals surface area (Å²) in [4.78, 5) is 10.4. The molecule has 0 saturated heterocycles. The third kappa shape index (κ3) is 2.19. The summed E-state index contributed by atoms with van der Waals surface area (Å²) in [6.07, 6.45) is 1.11. The molecule has 0 aliphatic heterocycles. The number of hydrogen-bond donors (Lipinski definition) is 0. The Morgan fingerprint density at radius 1 is 1.75 bits per heavy atom. The SMILES string of the molecule is N#C/C(=C\C(=O)Cl)c1ccsc1. The number of carbonyl (C=O) groups excluding carboxylic acids is 1. The monoisotopic (exact) mass is 197 g/mol. The van der Waals surface area contributed by atoms with Gasteiger partial charge in [-0.1, -0.05) is 0 Å². The quantitative estimate of drug-likeness (QED) is 0.415. The van der Waals surface area contributed by atoms with Gasteiger partial charge in [-0.2, -0.15) is 16.6 Å². The smallest absolute Gasteiger partial charge is 0.246 e. The van der Waals surface area contributed by atoms with E-state index in [4.69, 9.17) is 16.9 Å². The van der Waals surface area contributed by atoms with Crippen LogP contribution in [-0.2, 0) is 4.79 Å². The number of halogens is 1. The highest BCUT2D eigenvalue weighted by Gasteiger charge is 2.01. The van der Waals surface area contributed by atoms with Crippen molar-refractivity contribution in [1.82, 2.24) is 0 Å². The fourth-order valence-corrected chi connectivity index (χ4v) is 1.48. The van der Waals surface area contributed by atoms with Crippen LogP contribution in [0, 0.1) is 11.3 Å². The minimum absolute atomic E-state index is 0.302. The molecule has 1 heterocycles. The number of nitrogens with zero attached hydrogens (tertiary/aromatic N) is 1. The highest BCUT2D eigenvalue weighted by atomic mass is 35.5. The first-order valence-corrected chi connectivity index (χ1v) is 4.40. The third-order valence-corrected chi connectivity index (χ3v) is 2.00. The molecule has 0 amide bonds. The summed E-state index contributed by atoms with van der Waals surface area (Å²) in [6.45, 7) is 0. The van der Waals surface area contributed by atoms with Gasteiger partial charge in [-0.15, -0.1) is 0 Å². The van der Waals surface area contributed by atoms with Crippen molar-refractivity contribution in [2.45, 2.75) is 0 Å². The predicted molar refractivity (Wildman–Crippen MR) is 48.8 cm³/mol. The fourth-order valence-electron chi connectivity index (χ4n) is 0.711. The summed E-state index contributed by atoms with van der Waals surface area (Å²) in [5, 5.41) is 11.6. The molecule has 60 valence electrons. The van der Waals surface area contributed by atoms with Gasteiger partial charge >= 0.3 is 0 Å². The molecule has 1 rings (SSSR count). The predicted octanol–water partition coefficient (Wildman–Crippen LogP) is 2.42. The molecule has 0 spiro atoms. The molecule has 0 atom stereocenters. The van der Waals surface area contributed by atoms with E-state index in [1.165, 1.54) is 11.3 Å². The van der Waals surface area contributed by atoms with Crippen LogP contribution in [0.3, 0.4) is 0 Å². The van der Waals surface area contributed by atoms with Crippen molar-refractivity contribution in [1.29, 1.82) is 5.26 Å². The van der Waals surface area contributed by atoms with Gasteiger partial charge in [0, 0.05) is 11.6 Å². The summed E-state index contributed by atoms with van der Waals surface area (Å²) < 4.78 is 0. The van der Waals surface area contributed by atoms with Crippen LogP contribution in [0.2, 0.25) is 0 Å². The Morgan fingerprint density at radius 3 is 2.92 bits per heavy atom. The zero-order valence-electron chi connectivity index (χ0n) is 5.95. The molecule has 0 unspecified atom stereocenters. The van der Waals surface area contributed by atoms with E-state index in [2.05, 4.69) is 0 Å². The molecule has 0 aromatic carbocycles. The molecular formula is C8H4ClNOS. The number of allylic oxidation sites excluding steroid dienone is 2. The van der Waals surface area contributed by atoms with Crippen molar-refractivity contribution < 1.29 is 4.79 Å². The minimum Gasteiger partial charge on any atom is -0.276 e. The molecule has 2 nitrogen and oxygen atoms in total. The zero-order chi connectivity index (χ0) is 8.97. The van der Waals surface area contributed by atoms with E-state index < -0.39 is 5.24 Å². The van der Waals surface area contributed by atoms with Crippen LogP contribution < -0.4 is 0 Å². The van der Waals surface area contributed by atoms with E-state index in [-0.39, 0.29) is 0 Å². The number of hydrogen-bond acceptors (Lipinski definition) is 3. The van der Waals surface area contributed by atoms with Crippen LogP contribution >= 0.6 is 22.9 Å². The van der Waals surface area contributed by atoms with Crippen LogP contribution in [0.15, 0.2) is 22.9 Å². The van der Waals surface area contributed by atoms with Gasteiger partial charge in [-0.25, -0.2) is 0 Å². The van der Waals surface area contributed by atoms with Gasteiger partial charge in [0.1, 0.15) is 0 Å². The van der Waals surface area contributed by atoms with E-state index in [9.17, 15) is 4.79 Å². The molecule has 0 radical (unpaired) electrons. The second-order valence-corrected chi connectivity index (χ2v) is 3.14. The van der Waals surface area contributed by atoms with E-state index in [1.807, 2.05) is 11.4 Å². The van der Waals surface area contributed by atoms with Gasteiger partial charge in [0.15, 0.2) is 0 Å². The van der Waals surface area contributed by atoms with Crippen LogP contribution in [0.25, 0.3) is 5.57 Å². The molecule has 0 N–H and O–H groups in total. The van der Waals surface area contributed by atoms with Gasteiger partial charge in [-0.05, 0) is 28.4 Å². The van der Waals surface area contributed by atoms with Crippen molar-refractivity contribution in [2.24, 2.45) is 0 Å². The Hall–Kier alpha value is -1.11. The molecule has 12 heavy (non-hydrogen) atoms. The standard InChI is InChI=1S/C8H4ClNOS/c9-8(11)3-7(4-10)6-1-2-12-5-6/h1-3,5H/b7-3+. The molecule has 0 fully saturated rings. The summed E-state index contributed by atoms with van der Waals surface area (Å²) in [7, 11) is 0. The molecular weight excluding hydrogens is 194 g/mol. The number of nitriles is 1. The maximum atomic E-state index is 10.4. The zero-order valence-corrected chi connectivity index (χ0v) is 7.52. The average Bonchev–Trinajstić information content (AvgIpc) is 2.51. The molecule has 0 saturated carbocycles. The maximum Gasteiger partial charge on any atom is 0.246 e. The Balaban J connectivity index is 3.01. The lowest BCUT2D eigenvalue weighted by Crippen LogP contribution is -1.82. The van der Waals surface area contributed by atoms with Crippen molar-refractivity contribution >= 4 is 33.8 Å². The molecule has 1 aromatic heterocycles. The molecule has 4 heteroatoms. The van der Waals surface area contributed by atoms with Crippen LogP contribution in [0.5, 0.6) is 0 Å². The largest absolute Gasteiger partial charge is 0.276 e. The first-order chi connectivity index (χ1) is 5.74. The second kappa shape index (κ2) is 4.05. The van der Waals surface area contributed by atoms with Crippen LogP contribution in [-0.4, -0.2) is 5.24 Å². The fraction of sp³-hybridized carbons (Fsp3) is 0. The Bertz CT molecular complexity index is 348. The first-order valence-electron chi connectivity index (χ1n) is 3.08. The number of rotatable bonds is 2. The lowest BCUT2D eigenvalue weighted by atomic mass is 10.1. The summed E-state index contributed by atoms with van der Waals surface area (Å²) >= 11 is 6.57. The summed E-state index contributed by atoms with van der Waals surface area (Å²) in [5.41, 5.74) is 1.03. The molecule has 1 aromatic rings. The van der Waals surface area contributed by atoms with Crippen molar-refractivity contribution in [3.05, 3.63) is 28.5 Å². The van der Waals surface area contributed by atoms with E-state index in [1.54, 1.807) is 11.4 Å². The number of thiophene rings is 1. The molecule has 0 bridgehead atoms. The maximum absolute atomic E-state index is 10.4. The average molecular weight is 198 g/mol. The molecule has 0 aliphatic rings. The Kier molecular flexibility index (Phi) is 3.03. The minimum atomic E-state index is -0.627. The lowest BCUT2D eigenvalue weighted by Gasteiger charge is -1.88. The van der Waals surface area contributed by atoms with Crippen molar-refractivity contribution in [2.75, 3.05) is 0 Å². The Labute approximate surface area is 78.7 Å². The van der Waals surface area contributed by atoms with E-state index in [0.717, 1.165) is 11.6 Å². The van der Waals surface area contributed by atoms with Gasteiger partial charge in [0.25, 0.3) is 0 Å². The summed E-state index contributed by atoms with van der Waals surface area (Å²) in [6, 6.07) is 3.66. The first kappa shape index (κ1) is 8.98. The normalized spacial score (nSPS) is 10.8. The molecule has 0 aliphatic carbocycles. The van der Waals surface area contributed by atoms with Gasteiger partial charge in [0.05, 0.1) is 11.6 Å². The van der Waals surface area contributed by atoms with Crippen LogP contribution in [0.4, 0.5) is 0 Å². The lowest BCUT2D eigenvalue weighted by molar-refractivity contribution is -0.107. The van der Waals surface area contributed by atoms with E-state index >= 15 is 0 Å². The van der Waals surface area contributed by atoms with Crippen LogP contribution in [0.1, 0.15) is 5.56 Å². The highest BCUT2D eigenvalue weighted by Crippen LogP contribution is 2.16. The second-order valence-electron chi connectivity index (χ2n) is 1.99. The van der Waals surface area contributed by atoms with Gasteiger partial charge in [0.2, 0.25) is 5.24 Å². The van der Waals surface area contributed by atoms with Gasteiger partial charge in [-0.3, -0.25) is 4.79 Å². The van der Waals surface area contributed by atoms with Gasteiger partial charge < -0.3 is 0 Å². The summed E-state index contributed by atoms with van der Waals surface area (Å²) in [5.74, 6) is 0. The highest BCUT2D eigenvalue weighted by molar-refractivity contribution is 7.08. The number of carbonyl (C=O) groups is 1. The van der Waals surface area contributed by atoms with Crippen molar-refractivity contribution in [3.63, 3.8) is 0 Å².